The lowest BCUT2D eigenvalue weighted by Crippen LogP contribution is -2.29. The second-order valence-corrected chi connectivity index (χ2v) is 7.88. The third-order valence-electron chi connectivity index (χ3n) is 4.16. The Bertz CT molecular complexity index is 736. The van der Waals surface area contributed by atoms with Crippen LogP contribution in [0.5, 0.6) is 11.5 Å². The van der Waals surface area contributed by atoms with E-state index >= 15 is 0 Å². The van der Waals surface area contributed by atoms with Crippen LogP contribution in [0.4, 0.5) is 8.78 Å². The number of halogens is 2. The van der Waals surface area contributed by atoms with Crippen LogP contribution in [-0.4, -0.2) is 31.4 Å². The molecule has 0 aromatic heterocycles. The quantitative estimate of drug-likeness (QED) is 0.618. The van der Waals surface area contributed by atoms with E-state index in [2.05, 4.69) is 10.2 Å². The Hall–Kier alpha value is -2.19. The monoisotopic (exact) mass is 383 g/mol. The molecule has 0 saturated carbocycles. The summed E-state index contributed by atoms with van der Waals surface area (Å²) >= 11 is 0. The molecule has 1 N–H and O–H groups in total. The SMILES string of the molecule is CC(C)(C)CC(=O)Oc1cc(C2=CC3(CCOC3)ON2)ccc1OC(F)F. The largest absolute Gasteiger partial charge is 0.431 e. The number of carbonyl (C=O) groups excluding carboxylic acids is 1. The molecular weight excluding hydrogens is 360 g/mol. The van der Waals surface area contributed by atoms with Crippen molar-refractivity contribution in [3.8, 4) is 11.5 Å². The van der Waals surface area contributed by atoms with Crippen molar-refractivity contribution in [3.05, 3.63) is 29.8 Å². The van der Waals surface area contributed by atoms with Gasteiger partial charge >= 0.3 is 12.6 Å². The Kier molecular flexibility index (Phi) is 5.39. The summed E-state index contributed by atoms with van der Waals surface area (Å²) in [5.74, 6) is -0.785. The molecule has 0 aliphatic carbocycles. The summed E-state index contributed by atoms with van der Waals surface area (Å²) in [6.45, 7) is 3.66. The molecule has 1 spiro atoms. The number of ether oxygens (including phenoxy) is 3. The second kappa shape index (κ2) is 7.44. The highest BCUT2D eigenvalue weighted by Crippen LogP contribution is 2.37. The van der Waals surface area contributed by atoms with Gasteiger partial charge in [0, 0.05) is 18.6 Å². The van der Waals surface area contributed by atoms with Gasteiger partial charge in [0.15, 0.2) is 11.5 Å². The van der Waals surface area contributed by atoms with E-state index in [-0.39, 0.29) is 23.3 Å². The highest BCUT2D eigenvalue weighted by molar-refractivity contribution is 5.75. The van der Waals surface area contributed by atoms with Crippen molar-refractivity contribution in [2.45, 2.75) is 45.8 Å². The van der Waals surface area contributed by atoms with Gasteiger partial charge in [0.25, 0.3) is 0 Å². The highest BCUT2D eigenvalue weighted by Gasteiger charge is 2.39. The number of benzene rings is 1. The van der Waals surface area contributed by atoms with Gasteiger partial charge in [-0.2, -0.15) is 8.78 Å². The highest BCUT2D eigenvalue weighted by atomic mass is 19.3. The van der Waals surface area contributed by atoms with E-state index in [0.717, 1.165) is 0 Å². The van der Waals surface area contributed by atoms with Crippen molar-refractivity contribution in [1.82, 2.24) is 5.48 Å². The minimum absolute atomic E-state index is 0.0617. The maximum Gasteiger partial charge on any atom is 0.387 e. The van der Waals surface area contributed by atoms with Gasteiger partial charge in [-0.3, -0.25) is 15.1 Å². The maximum absolute atomic E-state index is 12.7. The predicted octanol–water partition coefficient (Wildman–Crippen LogP) is 3.66. The Labute approximate surface area is 156 Å². The zero-order valence-corrected chi connectivity index (χ0v) is 15.5. The number of hydroxylamine groups is 1. The van der Waals surface area contributed by atoms with Crippen LogP contribution < -0.4 is 15.0 Å². The van der Waals surface area contributed by atoms with Gasteiger partial charge in [0.2, 0.25) is 0 Å². The fraction of sp³-hybridized carbons (Fsp3) is 0.526. The molecule has 2 aliphatic heterocycles. The second-order valence-electron chi connectivity index (χ2n) is 7.88. The third-order valence-corrected chi connectivity index (χ3v) is 4.16. The average Bonchev–Trinajstić information content (AvgIpc) is 3.17. The Morgan fingerprint density at radius 2 is 2.11 bits per heavy atom. The molecule has 1 unspecified atom stereocenters. The van der Waals surface area contributed by atoms with Crippen LogP contribution in [-0.2, 0) is 14.4 Å². The summed E-state index contributed by atoms with van der Waals surface area (Å²) in [6.07, 6.45) is 2.74. The third kappa shape index (κ3) is 4.95. The fourth-order valence-electron chi connectivity index (χ4n) is 2.92. The van der Waals surface area contributed by atoms with Crippen LogP contribution in [0.1, 0.15) is 39.2 Å². The standard InChI is InChI=1S/C19H23F2NO5/c1-18(2,3)10-16(23)25-15-8-12(4-5-14(15)26-17(20)21)13-9-19(27-22-13)6-7-24-11-19/h4-5,8-9,17,22H,6-7,10-11H2,1-3H3. The lowest BCUT2D eigenvalue weighted by molar-refractivity contribution is -0.136. The molecule has 1 saturated heterocycles. The number of alkyl halides is 2. The lowest BCUT2D eigenvalue weighted by Gasteiger charge is -2.18. The first kappa shape index (κ1) is 19.6. The van der Waals surface area contributed by atoms with Gasteiger partial charge < -0.3 is 14.2 Å². The summed E-state index contributed by atoms with van der Waals surface area (Å²) in [6, 6.07) is 4.42. The summed E-state index contributed by atoms with van der Waals surface area (Å²) in [4.78, 5) is 17.8. The van der Waals surface area contributed by atoms with E-state index in [4.69, 9.17) is 14.3 Å². The molecule has 3 rings (SSSR count). The van der Waals surface area contributed by atoms with Crippen LogP contribution in [0.25, 0.3) is 5.70 Å². The zero-order valence-electron chi connectivity index (χ0n) is 15.5. The van der Waals surface area contributed by atoms with Gasteiger partial charge in [0.05, 0.1) is 18.7 Å². The Morgan fingerprint density at radius 3 is 2.74 bits per heavy atom. The van der Waals surface area contributed by atoms with E-state index < -0.39 is 18.2 Å². The molecule has 1 aromatic rings. The van der Waals surface area contributed by atoms with E-state index in [9.17, 15) is 13.6 Å². The van der Waals surface area contributed by atoms with Crippen molar-refractivity contribution in [3.63, 3.8) is 0 Å². The normalized spacial score (nSPS) is 22.1. The predicted molar refractivity (Wildman–Crippen MR) is 93.1 cm³/mol. The zero-order chi connectivity index (χ0) is 19.7. The molecule has 1 fully saturated rings. The van der Waals surface area contributed by atoms with Crippen LogP contribution >= 0.6 is 0 Å². The van der Waals surface area contributed by atoms with Crippen LogP contribution in [0, 0.1) is 5.41 Å². The molecule has 6 nitrogen and oxygen atoms in total. The summed E-state index contributed by atoms with van der Waals surface area (Å²) in [5.41, 5.74) is 3.28. The van der Waals surface area contributed by atoms with Crippen molar-refractivity contribution in [1.29, 1.82) is 0 Å². The minimum atomic E-state index is -3.03. The molecule has 1 aromatic carbocycles. The topological polar surface area (TPSA) is 66.0 Å². The molecule has 148 valence electrons. The molecule has 8 heteroatoms. The van der Waals surface area contributed by atoms with E-state index in [1.54, 1.807) is 6.07 Å². The average molecular weight is 383 g/mol. The van der Waals surface area contributed by atoms with E-state index in [1.165, 1.54) is 12.1 Å². The molecule has 0 amide bonds. The Balaban J connectivity index is 1.85. The van der Waals surface area contributed by atoms with E-state index in [1.807, 2.05) is 26.8 Å². The van der Waals surface area contributed by atoms with Crippen LogP contribution in [0.2, 0.25) is 0 Å². The smallest absolute Gasteiger partial charge is 0.387 e. The van der Waals surface area contributed by atoms with Gasteiger partial charge in [-0.1, -0.05) is 20.8 Å². The van der Waals surface area contributed by atoms with Crippen molar-refractivity contribution >= 4 is 11.7 Å². The van der Waals surface area contributed by atoms with Crippen LogP contribution in [0.15, 0.2) is 24.3 Å². The molecule has 27 heavy (non-hydrogen) atoms. The molecular formula is C19H23F2NO5. The first-order chi connectivity index (χ1) is 12.7. The number of rotatable bonds is 5. The number of hydrogen-bond acceptors (Lipinski definition) is 6. The maximum atomic E-state index is 12.7. The minimum Gasteiger partial charge on any atom is -0.431 e. The van der Waals surface area contributed by atoms with Crippen molar-refractivity contribution < 1.29 is 32.6 Å². The van der Waals surface area contributed by atoms with Gasteiger partial charge in [-0.05, 0) is 29.7 Å². The van der Waals surface area contributed by atoms with Crippen LogP contribution in [0.3, 0.4) is 0 Å². The fourth-order valence-corrected chi connectivity index (χ4v) is 2.92. The number of carbonyl (C=O) groups is 1. The van der Waals surface area contributed by atoms with Crippen molar-refractivity contribution in [2.24, 2.45) is 5.41 Å². The van der Waals surface area contributed by atoms with Crippen molar-refractivity contribution in [2.75, 3.05) is 13.2 Å². The Morgan fingerprint density at radius 1 is 1.33 bits per heavy atom. The van der Waals surface area contributed by atoms with Gasteiger partial charge in [-0.15, -0.1) is 0 Å². The summed E-state index contributed by atoms with van der Waals surface area (Å²) in [7, 11) is 0. The molecule has 0 radical (unpaired) electrons. The summed E-state index contributed by atoms with van der Waals surface area (Å²) < 4.78 is 40.6. The first-order valence-electron chi connectivity index (χ1n) is 8.70. The number of hydrogen-bond donors (Lipinski definition) is 1. The molecule has 0 bridgehead atoms. The summed E-state index contributed by atoms with van der Waals surface area (Å²) in [5, 5.41) is 0. The molecule has 1 atom stereocenters. The number of esters is 1. The van der Waals surface area contributed by atoms with E-state index in [0.29, 0.717) is 30.9 Å². The van der Waals surface area contributed by atoms with Gasteiger partial charge in [0.1, 0.15) is 5.60 Å². The lowest BCUT2D eigenvalue weighted by atomic mass is 9.92. The van der Waals surface area contributed by atoms with Gasteiger partial charge in [-0.25, -0.2) is 0 Å². The first-order valence-corrected chi connectivity index (χ1v) is 8.70. The molecule has 2 aliphatic rings. The number of nitrogens with one attached hydrogen (secondary N) is 1. The molecule has 2 heterocycles.